The molecular weight excluding hydrogens is 250 g/mol. The molecule has 6 heteroatoms. The Bertz CT molecular complexity index is 594. The van der Waals surface area contributed by atoms with Gasteiger partial charge in [-0.1, -0.05) is 5.16 Å². The van der Waals surface area contributed by atoms with Crippen LogP contribution < -0.4 is 0 Å². The van der Waals surface area contributed by atoms with Gasteiger partial charge in [-0.3, -0.25) is 0 Å². The molecule has 0 spiro atoms. The summed E-state index contributed by atoms with van der Waals surface area (Å²) in [4.78, 5) is 5.81. The van der Waals surface area contributed by atoms with E-state index in [2.05, 4.69) is 16.2 Å². The van der Waals surface area contributed by atoms with Crippen molar-refractivity contribution < 1.29 is 9.26 Å². The van der Waals surface area contributed by atoms with E-state index >= 15 is 0 Å². The molecule has 1 aliphatic carbocycles. The number of thiophene rings is 1. The van der Waals surface area contributed by atoms with Crippen molar-refractivity contribution in [1.29, 1.82) is 5.26 Å². The molecule has 3 rings (SSSR count). The summed E-state index contributed by atoms with van der Waals surface area (Å²) in [6, 6.07) is 5.66. The first-order valence-electron chi connectivity index (χ1n) is 5.68. The maximum Gasteiger partial charge on any atom is 0.268 e. The minimum Gasteiger partial charge on any atom is -0.373 e. The fraction of sp³-hybridized carbons (Fsp3) is 0.417. The van der Waals surface area contributed by atoms with Crippen LogP contribution in [-0.2, 0) is 4.74 Å². The van der Waals surface area contributed by atoms with Crippen LogP contribution in [0.15, 0.2) is 16.7 Å². The molecule has 2 aromatic rings. The summed E-state index contributed by atoms with van der Waals surface area (Å²) in [6.07, 6.45) is 2.23. The fourth-order valence-electron chi connectivity index (χ4n) is 1.87. The van der Waals surface area contributed by atoms with Gasteiger partial charge in [-0.25, -0.2) is 0 Å². The van der Waals surface area contributed by atoms with Crippen molar-refractivity contribution >= 4 is 11.3 Å². The highest BCUT2D eigenvalue weighted by molar-refractivity contribution is 7.15. The summed E-state index contributed by atoms with van der Waals surface area (Å²) in [5.74, 6) is 1.57. The van der Waals surface area contributed by atoms with Crippen LogP contribution in [0.2, 0.25) is 0 Å². The van der Waals surface area contributed by atoms with Crippen molar-refractivity contribution in [3.63, 3.8) is 0 Å². The van der Waals surface area contributed by atoms with Gasteiger partial charge in [0.2, 0.25) is 5.82 Å². The highest BCUT2D eigenvalue weighted by Crippen LogP contribution is 2.42. The highest BCUT2D eigenvalue weighted by atomic mass is 32.1. The summed E-state index contributed by atoms with van der Waals surface area (Å²) < 4.78 is 10.6. The van der Waals surface area contributed by atoms with E-state index in [9.17, 15) is 0 Å². The Morgan fingerprint density at radius 3 is 3.00 bits per heavy atom. The number of aromatic nitrogens is 2. The summed E-state index contributed by atoms with van der Waals surface area (Å²) in [6.45, 7) is 0. The zero-order valence-electron chi connectivity index (χ0n) is 9.79. The number of methoxy groups -OCH3 is 1. The predicted octanol–water partition coefficient (Wildman–Crippen LogP) is 2.77. The highest BCUT2D eigenvalue weighted by Gasteiger charge is 2.35. The van der Waals surface area contributed by atoms with Crippen LogP contribution >= 0.6 is 11.3 Å². The second kappa shape index (κ2) is 4.52. The lowest BCUT2D eigenvalue weighted by molar-refractivity contribution is 0.0751. The number of nitriles is 1. The van der Waals surface area contributed by atoms with E-state index in [1.165, 1.54) is 11.3 Å². The zero-order chi connectivity index (χ0) is 12.5. The van der Waals surface area contributed by atoms with E-state index in [0.29, 0.717) is 22.5 Å². The van der Waals surface area contributed by atoms with Gasteiger partial charge in [0.1, 0.15) is 17.1 Å². The van der Waals surface area contributed by atoms with Crippen LogP contribution in [0, 0.1) is 17.2 Å². The van der Waals surface area contributed by atoms with Gasteiger partial charge in [0, 0.05) is 7.11 Å². The monoisotopic (exact) mass is 261 g/mol. The van der Waals surface area contributed by atoms with Crippen LogP contribution in [0.25, 0.3) is 10.8 Å². The van der Waals surface area contributed by atoms with E-state index in [1.807, 2.05) is 6.07 Å². The topological polar surface area (TPSA) is 71.9 Å². The van der Waals surface area contributed by atoms with Crippen molar-refractivity contribution in [3.05, 3.63) is 22.8 Å². The maximum absolute atomic E-state index is 8.78. The van der Waals surface area contributed by atoms with Gasteiger partial charge in [-0.15, -0.1) is 11.3 Å². The Labute approximate surface area is 108 Å². The van der Waals surface area contributed by atoms with Gasteiger partial charge in [-0.2, -0.15) is 10.2 Å². The minimum absolute atomic E-state index is 0.0714. The van der Waals surface area contributed by atoms with E-state index < -0.39 is 0 Å². The Morgan fingerprint density at radius 2 is 2.39 bits per heavy atom. The molecule has 0 aliphatic heterocycles. The smallest absolute Gasteiger partial charge is 0.268 e. The lowest BCUT2D eigenvalue weighted by Crippen LogP contribution is -2.05. The molecule has 5 nitrogen and oxygen atoms in total. The van der Waals surface area contributed by atoms with E-state index in [-0.39, 0.29) is 6.10 Å². The molecule has 1 unspecified atom stereocenters. The Balaban J connectivity index is 1.86. The number of hydrogen-bond acceptors (Lipinski definition) is 6. The molecule has 0 saturated heterocycles. The molecule has 0 aromatic carbocycles. The van der Waals surface area contributed by atoms with Crippen molar-refractivity contribution in [2.24, 2.45) is 5.92 Å². The third kappa shape index (κ3) is 2.03. The van der Waals surface area contributed by atoms with Crippen LogP contribution in [0.5, 0.6) is 0 Å². The molecule has 0 bridgehead atoms. The average molecular weight is 261 g/mol. The second-order valence-corrected chi connectivity index (χ2v) is 5.31. The second-order valence-electron chi connectivity index (χ2n) is 4.23. The SMILES string of the molecule is COC(c1noc(-c2ccc(C#N)s2)n1)C1CC1. The largest absolute Gasteiger partial charge is 0.373 e. The average Bonchev–Trinajstić information content (AvgIpc) is 2.94. The van der Waals surface area contributed by atoms with Gasteiger partial charge < -0.3 is 9.26 Å². The molecule has 2 heterocycles. The molecule has 1 fully saturated rings. The number of nitrogens with zero attached hydrogens (tertiary/aromatic N) is 3. The van der Waals surface area contributed by atoms with E-state index in [0.717, 1.165) is 17.7 Å². The maximum atomic E-state index is 8.78. The van der Waals surface area contributed by atoms with Gasteiger partial charge >= 0.3 is 0 Å². The molecule has 92 valence electrons. The van der Waals surface area contributed by atoms with E-state index in [1.54, 1.807) is 13.2 Å². The predicted molar refractivity (Wildman–Crippen MR) is 64.8 cm³/mol. The van der Waals surface area contributed by atoms with E-state index in [4.69, 9.17) is 14.5 Å². The lowest BCUT2D eigenvalue weighted by atomic mass is 10.2. The Hall–Kier alpha value is -1.71. The normalized spacial score (nSPS) is 16.4. The van der Waals surface area contributed by atoms with Crippen molar-refractivity contribution in [2.45, 2.75) is 18.9 Å². The van der Waals surface area contributed by atoms with Crippen LogP contribution in [0.1, 0.15) is 29.6 Å². The molecular formula is C12H11N3O2S. The minimum atomic E-state index is -0.0714. The van der Waals surface area contributed by atoms with Gasteiger partial charge in [0.25, 0.3) is 5.89 Å². The lowest BCUT2D eigenvalue weighted by Gasteiger charge is -2.07. The summed E-state index contributed by atoms with van der Waals surface area (Å²) in [7, 11) is 1.66. The third-order valence-electron chi connectivity index (χ3n) is 2.93. The van der Waals surface area contributed by atoms with Gasteiger partial charge in [-0.05, 0) is 30.9 Å². The molecule has 0 amide bonds. The standard InChI is InChI=1S/C12H11N3O2S/c1-16-10(7-2-3-7)11-14-12(17-15-11)9-5-4-8(6-13)18-9/h4-5,7,10H,2-3H2,1H3. The molecule has 1 aliphatic rings. The quantitative estimate of drug-likeness (QED) is 0.846. The fourth-order valence-corrected chi connectivity index (χ4v) is 2.60. The van der Waals surface area contributed by atoms with Gasteiger partial charge in [0.05, 0.1) is 4.88 Å². The molecule has 2 aromatic heterocycles. The van der Waals surface area contributed by atoms with Gasteiger partial charge in [0.15, 0.2) is 0 Å². The molecule has 0 N–H and O–H groups in total. The van der Waals surface area contributed by atoms with Crippen molar-refractivity contribution in [1.82, 2.24) is 10.1 Å². The first kappa shape index (κ1) is 11.4. The van der Waals surface area contributed by atoms with Crippen molar-refractivity contribution in [3.8, 4) is 16.8 Å². The van der Waals surface area contributed by atoms with Crippen LogP contribution in [-0.4, -0.2) is 17.3 Å². The molecule has 1 atom stereocenters. The first-order valence-corrected chi connectivity index (χ1v) is 6.50. The summed E-state index contributed by atoms with van der Waals surface area (Å²) >= 11 is 1.34. The third-order valence-corrected chi connectivity index (χ3v) is 3.91. The Kier molecular flexibility index (Phi) is 2.86. The first-order chi connectivity index (χ1) is 8.81. The number of ether oxygens (including phenoxy) is 1. The zero-order valence-corrected chi connectivity index (χ0v) is 10.6. The molecule has 1 saturated carbocycles. The number of rotatable bonds is 4. The van der Waals surface area contributed by atoms with Crippen LogP contribution in [0.4, 0.5) is 0 Å². The Morgan fingerprint density at radius 1 is 1.56 bits per heavy atom. The summed E-state index contributed by atoms with van der Waals surface area (Å²) in [5, 5.41) is 12.8. The van der Waals surface area contributed by atoms with Crippen molar-refractivity contribution in [2.75, 3.05) is 7.11 Å². The number of hydrogen-bond donors (Lipinski definition) is 0. The summed E-state index contributed by atoms with van der Waals surface area (Å²) in [5.41, 5.74) is 0. The molecule has 0 radical (unpaired) electrons. The van der Waals surface area contributed by atoms with Crippen LogP contribution in [0.3, 0.4) is 0 Å². The molecule has 18 heavy (non-hydrogen) atoms.